The predicted molar refractivity (Wildman–Crippen MR) is 69.6 cm³/mol. The van der Waals surface area contributed by atoms with Crippen LogP contribution in [0.3, 0.4) is 0 Å². The maximum absolute atomic E-state index is 13.5. The highest BCUT2D eigenvalue weighted by Gasteiger charge is 2.31. The molecule has 0 saturated heterocycles. The first-order valence-electron chi connectivity index (χ1n) is 6.10. The van der Waals surface area contributed by atoms with Crippen molar-refractivity contribution < 1.29 is 22.4 Å². The van der Waals surface area contributed by atoms with E-state index in [0.29, 0.717) is 23.8 Å². The van der Waals surface area contributed by atoms with Gasteiger partial charge in [-0.2, -0.15) is 13.2 Å². The van der Waals surface area contributed by atoms with Crippen LogP contribution in [0.2, 0.25) is 0 Å². The number of amides is 1. The van der Waals surface area contributed by atoms with E-state index in [2.05, 4.69) is 10.3 Å². The summed E-state index contributed by atoms with van der Waals surface area (Å²) in [6.45, 7) is -0.0642. The summed E-state index contributed by atoms with van der Waals surface area (Å²) in [5.74, 6) is -2.03. The molecule has 22 heavy (non-hydrogen) atoms. The van der Waals surface area contributed by atoms with Crippen LogP contribution < -0.4 is 10.9 Å². The van der Waals surface area contributed by atoms with E-state index in [1.54, 1.807) is 0 Å². The van der Waals surface area contributed by atoms with Crippen molar-refractivity contribution in [1.82, 2.24) is 10.3 Å². The summed E-state index contributed by atoms with van der Waals surface area (Å²) in [5, 5.41) is 2.29. The highest BCUT2D eigenvalue weighted by molar-refractivity contribution is 5.94. The van der Waals surface area contributed by atoms with E-state index in [1.807, 2.05) is 0 Å². The Morgan fingerprint density at radius 2 is 1.91 bits per heavy atom. The van der Waals surface area contributed by atoms with Crippen LogP contribution in [0.25, 0.3) is 0 Å². The quantitative estimate of drug-likeness (QED) is 0.855. The number of rotatable bonds is 3. The monoisotopic (exact) mass is 314 g/mol. The third-order valence-corrected chi connectivity index (χ3v) is 2.84. The van der Waals surface area contributed by atoms with E-state index in [-0.39, 0.29) is 12.1 Å². The number of aromatic nitrogens is 1. The van der Waals surface area contributed by atoms with Gasteiger partial charge >= 0.3 is 6.18 Å². The van der Waals surface area contributed by atoms with Crippen LogP contribution in [0.15, 0.2) is 41.3 Å². The van der Waals surface area contributed by atoms with Gasteiger partial charge in [-0.1, -0.05) is 6.07 Å². The van der Waals surface area contributed by atoms with Crippen molar-refractivity contribution in [2.45, 2.75) is 12.7 Å². The lowest BCUT2D eigenvalue weighted by molar-refractivity contribution is -0.137. The molecule has 116 valence electrons. The maximum Gasteiger partial charge on any atom is 0.416 e. The molecule has 1 aromatic carbocycles. The smallest absolute Gasteiger partial charge is 0.348 e. The number of nitrogens with one attached hydrogen (secondary N) is 2. The molecule has 0 saturated carbocycles. The summed E-state index contributed by atoms with van der Waals surface area (Å²) in [7, 11) is 0. The van der Waals surface area contributed by atoms with Gasteiger partial charge in [0, 0.05) is 18.8 Å². The number of aromatic amines is 1. The average Bonchev–Trinajstić information content (AvgIpc) is 2.45. The molecule has 8 heteroatoms. The number of carbonyl (C=O) groups excluding carboxylic acids is 1. The second-order valence-electron chi connectivity index (χ2n) is 4.44. The molecular weight excluding hydrogens is 304 g/mol. The van der Waals surface area contributed by atoms with Crippen molar-refractivity contribution in [2.75, 3.05) is 0 Å². The Labute approximate surface area is 121 Å². The lowest BCUT2D eigenvalue weighted by Gasteiger charge is -2.10. The minimum atomic E-state index is -4.67. The van der Waals surface area contributed by atoms with Gasteiger partial charge in [0.1, 0.15) is 5.82 Å². The largest absolute Gasteiger partial charge is 0.416 e. The van der Waals surface area contributed by atoms with Crippen LogP contribution in [-0.2, 0) is 12.7 Å². The zero-order chi connectivity index (χ0) is 16.3. The number of benzene rings is 1. The van der Waals surface area contributed by atoms with Crippen LogP contribution in [0.5, 0.6) is 0 Å². The molecule has 0 unspecified atom stereocenters. The van der Waals surface area contributed by atoms with Crippen molar-refractivity contribution in [1.29, 1.82) is 0 Å². The van der Waals surface area contributed by atoms with Crippen molar-refractivity contribution >= 4 is 5.91 Å². The van der Waals surface area contributed by atoms with Crippen LogP contribution in [0.4, 0.5) is 17.6 Å². The van der Waals surface area contributed by atoms with Gasteiger partial charge in [-0.3, -0.25) is 9.59 Å². The summed E-state index contributed by atoms with van der Waals surface area (Å²) >= 11 is 0. The Bertz CT molecular complexity index is 733. The van der Waals surface area contributed by atoms with Gasteiger partial charge < -0.3 is 10.3 Å². The number of hydrogen-bond donors (Lipinski definition) is 2. The molecular formula is C14H10F4N2O2. The highest BCUT2D eigenvalue weighted by atomic mass is 19.4. The molecule has 4 nitrogen and oxygen atoms in total. The van der Waals surface area contributed by atoms with Gasteiger partial charge in [0.25, 0.3) is 5.91 Å². The Morgan fingerprint density at radius 1 is 1.18 bits per heavy atom. The standard InChI is InChI=1S/C14H10F4N2O2/c15-11-3-2-9(14(16,17)18)5-10(11)13(22)20-7-8-1-4-12(21)19-6-8/h1-6H,7H2,(H,19,21)(H,20,22). The molecule has 0 atom stereocenters. The fourth-order valence-electron chi connectivity index (χ4n) is 1.71. The average molecular weight is 314 g/mol. The van der Waals surface area contributed by atoms with E-state index in [4.69, 9.17) is 0 Å². The minimum Gasteiger partial charge on any atom is -0.348 e. The Kier molecular flexibility index (Phi) is 4.30. The van der Waals surface area contributed by atoms with Gasteiger partial charge in [0.05, 0.1) is 11.1 Å². The summed E-state index contributed by atoms with van der Waals surface area (Å²) in [6.07, 6.45) is -3.33. The van der Waals surface area contributed by atoms with Gasteiger partial charge in [0.2, 0.25) is 5.56 Å². The molecule has 1 amide bonds. The molecule has 2 N–H and O–H groups in total. The van der Waals surface area contributed by atoms with Crippen molar-refractivity contribution in [2.24, 2.45) is 0 Å². The van der Waals surface area contributed by atoms with Crippen molar-refractivity contribution in [3.05, 3.63) is 69.4 Å². The molecule has 1 heterocycles. The normalized spacial score (nSPS) is 11.3. The first kappa shape index (κ1) is 15.7. The van der Waals surface area contributed by atoms with E-state index in [0.717, 1.165) is 0 Å². The topological polar surface area (TPSA) is 62.0 Å². The van der Waals surface area contributed by atoms with Gasteiger partial charge in [-0.05, 0) is 23.8 Å². The van der Waals surface area contributed by atoms with Crippen molar-refractivity contribution in [3.8, 4) is 0 Å². The SMILES string of the molecule is O=C(NCc1ccc(=O)[nH]c1)c1cc(C(F)(F)F)ccc1F. The molecule has 0 bridgehead atoms. The zero-order valence-electron chi connectivity index (χ0n) is 11.0. The predicted octanol–water partition coefficient (Wildman–Crippen LogP) is 2.46. The fraction of sp³-hybridized carbons (Fsp3) is 0.143. The van der Waals surface area contributed by atoms with Gasteiger partial charge in [-0.15, -0.1) is 0 Å². The third kappa shape index (κ3) is 3.72. The Morgan fingerprint density at radius 3 is 2.50 bits per heavy atom. The number of pyridine rings is 1. The highest BCUT2D eigenvalue weighted by Crippen LogP contribution is 2.30. The molecule has 2 rings (SSSR count). The zero-order valence-corrected chi connectivity index (χ0v) is 11.0. The lowest BCUT2D eigenvalue weighted by atomic mass is 10.1. The summed E-state index contributed by atoms with van der Waals surface area (Å²) in [6, 6.07) is 4.28. The number of H-pyrrole nitrogens is 1. The first-order chi connectivity index (χ1) is 10.3. The van der Waals surface area contributed by atoms with Crippen LogP contribution in [-0.4, -0.2) is 10.9 Å². The minimum absolute atomic E-state index is 0.0642. The second kappa shape index (κ2) is 6.00. The Balaban J connectivity index is 2.15. The van der Waals surface area contributed by atoms with Crippen LogP contribution in [0, 0.1) is 5.82 Å². The second-order valence-corrected chi connectivity index (χ2v) is 4.44. The Hall–Kier alpha value is -2.64. The lowest BCUT2D eigenvalue weighted by Crippen LogP contribution is -2.25. The van der Waals surface area contributed by atoms with E-state index in [9.17, 15) is 27.2 Å². The van der Waals surface area contributed by atoms with Crippen molar-refractivity contribution in [3.63, 3.8) is 0 Å². The fourth-order valence-corrected chi connectivity index (χ4v) is 1.71. The molecule has 0 spiro atoms. The van der Waals surface area contributed by atoms with Crippen LogP contribution in [0.1, 0.15) is 21.5 Å². The third-order valence-electron chi connectivity index (χ3n) is 2.84. The van der Waals surface area contributed by atoms with E-state index >= 15 is 0 Å². The number of alkyl halides is 3. The molecule has 0 fully saturated rings. The van der Waals surface area contributed by atoms with Crippen LogP contribution >= 0.6 is 0 Å². The molecule has 0 aliphatic rings. The molecule has 1 aromatic heterocycles. The van der Waals surface area contributed by atoms with E-state index in [1.165, 1.54) is 18.3 Å². The van der Waals surface area contributed by atoms with Gasteiger partial charge in [0.15, 0.2) is 0 Å². The number of carbonyl (C=O) groups is 1. The maximum atomic E-state index is 13.5. The summed E-state index contributed by atoms with van der Waals surface area (Å²) < 4.78 is 51.2. The summed E-state index contributed by atoms with van der Waals surface area (Å²) in [5.41, 5.74) is -1.62. The number of halogens is 4. The van der Waals surface area contributed by atoms with Gasteiger partial charge in [-0.25, -0.2) is 4.39 Å². The summed E-state index contributed by atoms with van der Waals surface area (Å²) in [4.78, 5) is 25.0. The molecule has 0 radical (unpaired) electrons. The molecule has 0 aliphatic heterocycles. The molecule has 0 aliphatic carbocycles. The van der Waals surface area contributed by atoms with E-state index < -0.39 is 29.0 Å². The first-order valence-corrected chi connectivity index (χ1v) is 6.10. The number of hydrogen-bond acceptors (Lipinski definition) is 2. The molecule has 2 aromatic rings.